The molecule has 1 aliphatic rings. The molecule has 6 heteroatoms. The van der Waals surface area contributed by atoms with Gasteiger partial charge >= 0.3 is 6.09 Å². The number of hydrogen-bond acceptors (Lipinski definition) is 4. The van der Waals surface area contributed by atoms with E-state index in [1.807, 2.05) is 31.7 Å². The van der Waals surface area contributed by atoms with Crippen LogP contribution in [0.1, 0.15) is 59.1 Å². The summed E-state index contributed by atoms with van der Waals surface area (Å²) in [7, 11) is 0. The molecule has 1 aromatic rings. The van der Waals surface area contributed by atoms with Crippen molar-refractivity contribution < 1.29 is 9.53 Å². The first-order valence-electron chi connectivity index (χ1n) is 8.17. The standard InChI is InChI=1S/C17H27ClN2O2S/c1-11(13-9-15(18)23-10-13)19-14-7-6-8-20(12(14)2)16(21)22-17(3,4)5/h9-12,14,19H,6-8H2,1-5H3. The summed E-state index contributed by atoms with van der Waals surface area (Å²) in [6.45, 7) is 10.7. The molecule has 0 saturated carbocycles. The Morgan fingerprint density at radius 2 is 2.22 bits per heavy atom. The first-order chi connectivity index (χ1) is 10.7. The second-order valence-corrected chi connectivity index (χ2v) is 8.78. The molecule has 3 atom stereocenters. The quantitative estimate of drug-likeness (QED) is 0.840. The Labute approximate surface area is 148 Å². The molecule has 1 N–H and O–H groups in total. The maximum absolute atomic E-state index is 12.4. The molecule has 0 bridgehead atoms. The fraction of sp³-hybridized carbons (Fsp3) is 0.706. The van der Waals surface area contributed by atoms with Gasteiger partial charge in [0.1, 0.15) is 5.60 Å². The molecule has 1 aliphatic heterocycles. The highest BCUT2D eigenvalue weighted by Gasteiger charge is 2.34. The number of rotatable bonds is 3. The lowest BCUT2D eigenvalue weighted by Crippen LogP contribution is -2.55. The van der Waals surface area contributed by atoms with Crippen molar-refractivity contribution in [3.05, 3.63) is 21.3 Å². The molecule has 3 unspecified atom stereocenters. The van der Waals surface area contributed by atoms with E-state index in [0.29, 0.717) is 0 Å². The van der Waals surface area contributed by atoms with E-state index in [0.717, 1.165) is 23.7 Å². The monoisotopic (exact) mass is 358 g/mol. The maximum Gasteiger partial charge on any atom is 0.410 e. The molecule has 1 fully saturated rings. The van der Waals surface area contributed by atoms with Crippen LogP contribution < -0.4 is 5.32 Å². The number of amides is 1. The molecule has 0 aromatic carbocycles. The molecule has 0 aliphatic carbocycles. The minimum absolute atomic E-state index is 0.107. The van der Waals surface area contributed by atoms with E-state index in [9.17, 15) is 4.79 Å². The van der Waals surface area contributed by atoms with Gasteiger partial charge in [0.05, 0.1) is 4.34 Å². The second-order valence-electron chi connectivity index (χ2n) is 7.24. The SMILES string of the molecule is CC(NC1CCCN(C(=O)OC(C)(C)C)C1C)c1csc(Cl)c1. The van der Waals surface area contributed by atoms with Crippen molar-refractivity contribution >= 4 is 29.0 Å². The third kappa shape index (κ3) is 5.10. The van der Waals surface area contributed by atoms with E-state index in [1.165, 1.54) is 5.56 Å². The molecular formula is C17H27ClN2O2S. The molecule has 1 amide bonds. The molecule has 4 nitrogen and oxygen atoms in total. The van der Waals surface area contributed by atoms with E-state index in [2.05, 4.69) is 24.5 Å². The number of nitrogens with one attached hydrogen (secondary N) is 1. The van der Waals surface area contributed by atoms with Crippen LogP contribution in [-0.2, 0) is 4.74 Å². The largest absolute Gasteiger partial charge is 0.444 e. The van der Waals surface area contributed by atoms with E-state index in [-0.39, 0.29) is 24.2 Å². The summed E-state index contributed by atoms with van der Waals surface area (Å²) in [6.07, 6.45) is 1.82. The smallest absolute Gasteiger partial charge is 0.410 e. The van der Waals surface area contributed by atoms with Crippen LogP contribution in [0.3, 0.4) is 0 Å². The first kappa shape index (κ1) is 18.6. The molecule has 23 heavy (non-hydrogen) atoms. The Bertz CT molecular complexity index is 541. The fourth-order valence-electron chi connectivity index (χ4n) is 2.91. The maximum atomic E-state index is 12.4. The van der Waals surface area contributed by atoms with E-state index in [1.54, 1.807) is 11.3 Å². The Hall–Kier alpha value is -0.780. The third-order valence-corrected chi connectivity index (χ3v) is 5.28. The number of thiophene rings is 1. The lowest BCUT2D eigenvalue weighted by atomic mass is 9.96. The summed E-state index contributed by atoms with van der Waals surface area (Å²) in [6, 6.07) is 2.58. The summed E-state index contributed by atoms with van der Waals surface area (Å²) in [4.78, 5) is 14.2. The summed E-state index contributed by atoms with van der Waals surface area (Å²) in [5.74, 6) is 0. The Balaban J connectivity index is 1.99. The van der Waals surface area contributed by atoms with Crippen molar-refractivity contribution in [1.29, 1.82) is 0 Å². The van der Waals surface area contributed by atoms with Crippen LogP contribution in [0.25, 0.3) is 0 Å². The van der Waals surface area contributed by atoms with Gasteiger partial charge < -0.3 is 15.0 Å². The normalized spacial score (nSPS) is 23.7. The van der Waals surface area contributed by atoms with Crippen molar-refractivity contribution in [3.8, 4) is 0 Å². The zero-order valence-corrected chi connectivity index (χ0v) is 16.1. The number of carbonyl (C=O) groups is 1. The van der Waals surface area contributed by atoms with E-state index >= 15 is 0 Å². The van der Waals surface area contributed by atoms with Crippen LogP contribution in [0.4, 0.5) is 4.79 Å². The molecule has 2 heterocycles. The minimum Gasteiger partial charge on any atom is -0.444 e. The fourth-order valence-corrected chi connectivity index (χ4v) is 3.90. The highest BCUT2D eigenvalue weighted by atomic mass is 35.5. The minimum atomic E-state index is -0.460. The lowest BCUT2D eigenvalue weighted by molar-refractivity contribution is 0.00643. The predicted molar refractivity (Wildman–Crippen MR) is 96.3 cm³/mol. The molecular weight excluding hydrogens is 332 g/mol. The number of halogens is 1. The predicted octanol–water partition coefficient (Wildman–Crippen LogP) is 4.84. The van der Waals surface area contributed by atoms with Gasteiger partial charge in [-0.15, -0.1) is 11.3 Å². The summed E-state index contributed by atoms with van der Waals surface area (Å²) in [5.41, 5.74) is 0.735. The lowest BCUT2D eigenvalue weighted by Gasteiger charge is -2.41. The van der Waals surface area contributed by atoms with Gasteiger partial charge in [0.15, 0.2) is 0 Å². The van der Waals surface area contributed by atoms with Gasteiger partial charge in [-0.3, -0.25) is 0 Å². The van der Waals surface area contributed by atoms with Crippen LogP contribution >= 0.6 is 22.9 Å². The topological polar surface area (TPSA) is 41.6 Å². The van der Waals surface area contributed by atoms with Crippen LogP contribution in [0.5, 0.6) is 0 Å². The third-order valence-electron chi connectivity index (χ3n) is 4.17. The van der Waals surface area contributed by atoms with Crippen molar-refractivity contribution in [2.45, 2.75) is 71.2 Å². The van der Waals surface area contributed by atoms with Gasteiger partial charge in [0.25, 0.3) is 0 Å². The van der Waals surface area contributed by atoms with Crippen LogP contribution in [0.15, 0.2) is 11.4 Å². The van der Waals surface area contributed by atoms with Gasteiger partial charge in [-0.25, -0.2) is 4.79 Å². The zero-order valence-electron chi connectivity index (χ0n) is 14.6. The molecule has 0 spiro atoms. The van der Waals surface area contributed by atoms with E-state index < -0.39 is 5.60 Å². The van der Waals surface area contributed by atoms with Crippen molar-refractivity contribution in [1.82, 2.24) is 10.2 Å². The van der Waals surface area contributed by atoms with Gasteiger partial charge in [-0.05, 0) is 64.5 Å². The summed E-state index contributed by atoms with van der Waals surface area (Å²) >= 11 is 7.57. The van der Waals surface area contributed by atoms with Gasteiger partial charge in [0.2, 0.25) is 0 Å². The highest BCUT2D eigenvalue weighted by Crippen LogP contribution is 2.27. The molecule has 1 saturated heterocycles. The van der Waals surface area contributed by atoms with Gasteiger partial charge in [-0.1, -0.05) is 11.6 Å². The van der Waals surface area contributed by atoms with E-state index in [4.69, 9.17) is 16.3 Å². The number of likely N-dealkylation sites (tertiary alicyclic amines) is 1. The van der Waals surface area contributed by atoms with Gasteiger partial charge in [-0.2, -0.15) is 0 Å². The number of ether oxygens (including phenoxy) is 1. The second kappa shape index (κ2) is 7.41. The van der Waals surface area contributed by atoms with Crippen molar-refractivity contribution in [2.75, 3.05) is 6.54 Å². The molecule has 2 rings (SSSR count). The Kier molecular flexibility index (Phi) is 5.98. The van der Waals surface area contributed by atoms with Gasteiger partial charge in [0, 0.05) is 24.7 Å². The first-order valence-corrected chi connectivity index (χ1v) is 9.43. The average Bonchev–Trinajstić information content (AvgIpc) is 2.86. The summed E-state index contributed by atoms with van der Waals surface area (Å²) < 4.78 is 6.34. The molecule has 0 radical (unpaired) electrons. The number of hydrogen-bond donors (Lipinski definition) is 1. The number of nitrogens with zero attached hydrogens (tertiary/aromatic N) is 1. The number of carbonyl (C=O) groups excluding carboxylic acids is 1. The van der Waals surface area contributed by atoms with Crippen LogP contribution in [0, 0.1) is 0 Å². The Morgan fingerprint density at radius 1 is 1.52 bits per heavy atom. The molecule has 130 valence electrons. The highest BCUT2D eigenvalue weighted by molar-refractivity contribution is 7.14. The average molecular weight is 359 g/mol. The molecule has 1 aromatic heterocycles. The number of piperidine rings is 1. The Morgan fingerprint density at radius 3 is 2.78 bits per heavy atom. The summed E-state index contributed by atoms with van der Waals surface area (Å²) in [5, 5.41) is 5.73. The van der Waals surface area contributed by atoms with Crippen molar-refractivity contribution in [2.24, 2.45) is 0 Å². The zero-order chi connectivity index (χ0) is 17.2. The van der Waals surface area contributed by atoms with Crippen LogP contribution in [-0.4, -0.2) is 35.2 Å². The van der Waals surface area contributed by atoms with Crippen molar-refractivity contribution in [3.63, 3.8) is 0 Å². The van der Waals surface area contributed by atoms with Crippen LogP contribution in [0.2, 0.25) is 4.34 Å².